The lowest BCUT2D eigenvalue weighted by Gasteiger charge is -2.63. The van der Waals surface area contributed by atoms with E-state index in [0.29, 0.717) is 23.5 Å². The van der Waals surface area contributed by atoms with Crippen LogP contribution in [-0.4, -0.2) is 97.0 Å². The van der Waals surface area contributed by atoms with Crippen molar-refractivity contribution in [3.05, 3.63) is 0 Å². The first-order valence-corrected chi connectivity index (χ1v) is 22.3. The molecule has 0 saturated heterocycles. The summed E-state index contributed by atoms with van der Waals surface area (Å²) in [7, 11) is -4.76. The predicted octanol–water partition coefficient (Wildman–Crippen LogP) is 3.77. The number of thioether (sulfide) groups is 1. The average Bonchev–Trinajstić information content (AvgIpc) is 3.44. The number of aliphatic hydroxyl groups is 4. The minimum absolute atomic E-state index is 0.0461. The van der Waals surface area contributed by atoms with Gasteiger partial charge in [0.2, 0.25) is 11.8 Å². The van der Waals surface area contributed by atoms with Crippen LogP contribution in [0.25, 0.3) is 0 Å². The summed E-state index contributed by atoms with van der Waals surface area (Å²) in [5.74, 6) is 0.981. The van der Waals surface area contributed by atoms with Crippen molar-refractivity contribution in [1.82, 2.24) is 10.6 Å². The molecule has 4 aliphatic rings. The minimum atomic E-state index is -4.76. The molecule has 306 valence electrons. The predicted molar refractivity (Wildman–Crippen MR) is 202 cm³/mol. The molecular formula is C38H67N2O11PS. The number of carbonyl (C=O) groups is 3. The van der Waals surface area contributed by atoms with Crippen LogP contribution in [0.1, 0.15) is 112 Å². The zero-order valence-electron chi connectivity index (χ0n) is 32.5. The van der Waals surface area contributed by atoms with Gasteiger partial charge < -0.3 is 40.8 Å². The molecule has 0 bridgehead atoms. The normalized spacial score (nSPS) is 36.0. The molecule has 13 nitrogen and oxygen atoms in total. The van der Waals surface area contributed by atoms with Gasteiger partial charge in [-0.25, -0.2) is 4.57 Å². The number of hydrogen-bond donors (Lipinski definition) is 8. The van der Waals surface area contributed by atoms with Crippen LogP contribution in [0, 0.1) is 57.7 Å². The van der Waals surface area contributed by atoms with Crippen LogP contribution < -0.4 is 10.6 Å². The molecule has 4 saturated carbocycles. The molecule has 53 heavy (non-hydrogen) atoms. The van der Waals surface area contributed by atoms with Crippen molar-refractivity contribution in [3.8, 4) is 0 Å². The van der Waals surface area contributed by atoms with E-state index in [9.17, 15) is 39.4 Å². The summed E-state index contributed by atoms with van der Waals surface area (Å²) in [5.41, 5.74) is -1.46. The molecule has 15 heteroatoms. The van der Waals surface area contributed by atoms with E-state index in [4.69, 9.17) is 9.79 Å². The maximum Gasteiger partial charge on any atom is 0.469 e. The van der Waals surface area contributed by atoms with E-state index in [1.54, 1.807) is 0 Å². The summed E-state index contributed by atoms with van der Waals surface area (Å²) in [5, 5.41) is 49.3. The fourth-order valence-corrected chi connectivity index (χ4v) is 12.2. The second-order valence-corrected chi connectivity index (χ2v) is 20.4. The van der Waals surface area contributed by atoms with E-state index in [1.165, 1.54) is 25.6 Å². The van der Waals surface area contributed by atoms with Crippen molar-refractivity contribution in [1.29, 1.82) is 0 Å². The number of phosphoric acid groups is 1. The number of amides is 2. The van der Waals surface area contributed by atoms with Crippen molar-refractivity contribution in [2.24, 2.45) is 57.7 Å². The van der Waals surface area contributed by atoms with Gasteiger partial charge in [-0.05, 0) is 97.7 Å². The summed E-state index contributed by atoms with van der Waals surface area (Å²) >= 11 is 1.19. The van der Waals surface area contributed by atoms with Gasteiger partial charge >= 0.3 is 7.82 Å². The van der Waals surface area contributed by atoms with Gasteiger partial charge in [-0.2, -0.15) is 0 Å². The van der Waals surface area contributed by atoms with Gasteiger partial charge in [0.1, 0.15) is 6.10 Å². The molecule has 0 radical (unpaired) electrons. The molecule has 0 aliphatic heterocycles. The standard InChI is InChI=1S/C38H67N2O11PS/c1-22(26-10-11-27-32-28(20-30(43)38(26,27)6)37(5)14-12-25(41)18-24(37)19-29(32)42)8-7-9-23(2)35(47)53-17-16-39-31(44)13-15-40-34(46)33(45)36(3,4)21-51-52(48,49)50/h22-30,32-33,41-43,45H,7-21H2,1-6H3,(H,39,44)(H,40,46)(H2,48,49,50). The van der Waals surface area contributed by atoms with Gasteiger partial charge in [0.05, 0.1) is 24.9 Å². The summed E-state index contributed by atoms with van der Waals surface area (Å²) in [6.07, 6.45) is 6.00. The molecule has 0 aromatic carbocycles. The number of nitrogens with one attached hydrogen (secondary N) is 2. The van der Waals surface area contributed by atoms with Crippen molar-refractivity contribution in [2.45, 2.75) is 137 Å². The SMILES string of the molecule is CC(CCCC(C)C1CCC2C3C(O)CC4CC(O)CCC4(C)C3CC(O)C12C)C(=O)SCCNC(=O)CCNC(=O)C(O)C(C)(C)COP(=O)(O)O. The van der Waals surface area contributed by atoms with Crippen LogP contribution in [0.5, 0.6) is 0 Å². The topological polar surface area (TPSA) is 223 Å². The van der Waals surface area contributed by atoms with Gasteiger partial charge in [-0.3, -0.25) is 18.9 Å². The zero-order chi connectivity index (χ0) is 39.5. The first-order chi connectivity index (χ1) is 24.6. The van der Waals surface area contributed by atoms with E-state index < -0.39 is 38.0 Å². The summed E-state index contributed by atoms with van der Waals surface area (Å²) in [6.45, 7) is 11.4. The molecule has 0 heterocycles. The van der Waals surface area contributed by atoms with Crippen molar-refractivity contribution >= 4 is 36.5 Å². The number of fused-ring (bicyclic) bond motifs is 5. The molecule has 0 spiro atoms. The van der Waals surface area contributed by atoms with E-state index in [0.717, 1.165) is 64.2 Å². The highest BCUT2D eigenvalue weighted by molar-refractivity contribution is 8.13. The highest BCUT2D eigenvalue weighted by Gasteiger charge is 2.65. The van der Waals surface area contributed by atoms with Crippen LogP contribution in [0.4, 0.5) is 0 Å². The lowest BCUT2D eigenvalue weighted by molar-refractivity contribution is -0.207. The number of phosphoric ester groups is 1. The van der Waals surface area contributed by atoms with Gasteiger partial charge in [0.15, 0.2) is 5.12 Å². The molecule has 4 fully saturated rings. The lowest BCUT2D eigenvalue weighted by Crippen LogP contribution is -2.62. The third kappa shape index (κ3) is 10.5. The Morgan fingerprint density at radius 1 is 0.962 bits per heavy atom. The van der Waals surface area contributed by atoms with Crippen LogP contribution in [0.2, 0.25) is 0 Å². The molecule has 13 atom stereocenters. The average molecular weight is 791 g/mol. The Morgan fingerprint density at radius 3 is 2.34 bits per heavy atom. The maximum absolute atomic E-state index is 12.9. The summed E-state index contributed by atoms with van der Waals surface area (Å²) < 4.78 is 15.4. The molecule has 8 N–H and O–H groups in total. The Labute approximate surface area is 319 Å². The van der Waals surface area contributed by atoms with E-state index >= 15 is 0 Å². The van der Waals surface area contributed by atoms with Crippen LogP contribution in [-0.2, 0) is 23.5 Å². The number of carbonyl (C=O) groups excluding carboxylic acids is 3. The monoisotopic (exact) mass is 790 g/mol. The third-order valence-corrected chi connectivity index (χ3v) is 15.7. The molecule has 0 aromatic rings. The smallest absolute Gasteiger partial charge is 0.393 e. The minimum Gasteiger partial charge on any atom is -0.393 e. The van der Waals surface area contributed by atoms with E-state index in [2.05, 4.69) is 35.9 Å². The fourth-order valence-electron chi connectivity index (χ4n) is 10.8. The largest absolute Gasteiger partial charge is 0.469 e. The second-order valence-electron chi connectivity index (χ2n) is 18.0. The molecule has 4 aliphatic carbocycles. The van der Waals surface area contributed by atoms with E-state index in [1.807, 2.05) is 6.92 Å². The summed E-state index contributed by atoms with van der Waals surface area (Å²) in [4.78, 5) is 55.1. The van der Waals surface area contributed by atoms with Crippen molar-refractivity contribution in [3.63, 3.8) is 0 Å². The fraction of sp³-hybridized carbons (Fsp3) is 0.921. The first-order valence-electron chi connectivity index (χ1n) is 19.7. The lowest BCUT2D eigenvalue weighted by atomic mass is 9.43. The molecule has 13 unspecified atom stereocenters. The zero-order valence-corrected chi connectivity index (χ0v) is 34.2. The van der Waals surface area contributed by atoms with Crippen molar-refractivity contribution < 1.29 is 53.7 Å². The Balaban J connectivity index is 1.14. The Bertz CT molecular complexity index is 1330. The Kier molecular flexibility index (Phi) is 15.2. The number of rotatable bonds is 17. The van der Waals surface area contributed by atoms with Crippen molar-refractivity contribution in [2.75, 3.05) is 25.4 Å². The van der Waals surface area contributed by atoms with Crippen LogP contribution in [0.15, 0.2) is 0 Å². The molecule has 2 amide bonds. The van der Waals surface area contributed by atoms with Gasteiger partial charge in [0, 0.05) is 36.6 Å². The first kappa shape index (κ1) is 44.6. The number of aliphatic hydroxyl groups excluding tert-OH is 4. The molecule has 4 rings (SSSR count). The van der Waals surface area contributed by atoms with Gasteiger partial charge in [0.25, 0.3) is 0 Å². The quantitative estimate of drug-likeness (QED) is 0.0780. The highest BCUT2D eigenvalue weighted by Crippen LogP contribution is 2.68. The Hall–Kier alpha value is -1.09. The molecular weight excluding hydrogens is 723 g/mol. The maximum atomic E-state index is 12.9. The highest BCUT2D eigenvalue weighted by atomic mass is 32.2. The molecule has 0 aromatic heterocycles. The van der Waals surface area contributed by atoms with Crippen LogP contribution >= 0.6 is 19.6 Å². The van der Waals surface area contributed by atoms with E-state index in [-0.39, 0.29) is 77.2 Å². The van der Waals surface area contributed by atoms with Gasteiger partial charge in [-0.1, -0.05) is 66.1 Å². The second kappa shape index (κ2) is 18.0. The Morgan fingerprint density at radius 2 is 1.66 bits per heavy atom. The van der Waals surface area contributed by atoms with Gasteiger partial charge in [-0.15, -0.1) is 0 Å². The summed E-state index contributed by atoms with van der Waals surface area (Å²) in [6, 6.07) is 0. The third-order valence-electron chi connectivity index (χ3n) is 14.1. The van der Waals surface area contributed by atoms with Crippen LogP contribution in [0.3, 0.4) is 0 Å². The number of hydrogen-bond acceptors (Lipinski definition) is 10.